The summed E-state index contributed by atoms with van der Waals surface area (Å²) in [5, 5.41) is 12.5. The minimum atomic E-state index is -0.302. The lowest BCUT2D eigenvalue weighted by atomic mass is 10.1. The largest absolute Gasteiger partial charge is 0.397 e. The molecule has 0 aliphatic rings. The fourth-order valence-electron chi connectivity index (χ4n) is 1.60. The molecule has 1 aromatic carbocycles. The summed E-state index contributed by atoms with van der Waals surface area (Å²) in [6, 6.07) is 3.06. The molecular formula is C12H19FN2OS. The van der Waals surface area contributed by atoms with Crippen molar-refractivity contribution >= 4 is 23.1 Å². The Morgan fingerprint density at radius 1 is 1.53 bits per heavy atom. The zero-order chi connectivity index (χ0) is 13.0. The van der Waals surface area contributed by atoms with Crippen LogP contribution >= 0.6 is 11.8 Å². The van der Waals surface area contributed by atoms with Crippen LogP contribution in [-0.4, -0.2) is 29.3 Å². The highest BCUT2D eigenvalue weighted by Crippen LogP contribution is 2.25. The molecule has 1 rings (SSSR count). The lowest BCUT2D eigenvalue weighted by Crippen LogP contribution is -2.31. The van der Waals surface area contributed by atoms with Gasteiger partial charge in [0, 0.05) is 11.3 Å². The van der Waals surface area contributed by atoms with Gasteiger partial charge in [-0.15, -0.1) is 0 Å². The molecule has 0 saturated carbocycles. The van der Waals surface area contributed by atoms with Crippen molar-refractivity contribution in [2.75, 3.05) is 23.9 Å². The van der Waals surface area contributed by atoms with Crippen LogP contribution in [0.25, 0.3) is 0 Å². The monoisotopic (exact) mass is 258 g/mol. The van der Waals surface area contributed by atoms with Crippen molar-refractivity contribution in [3.8, 4) is 0 Å². The second kappa shape index (κ2) is 6.12. The van der Waals surface area contributed by atoms with Gasteiger partial charge in [0.2, 0.25) is 0 Å². The first-order valence-corrected chi connectivity index (χ1v) is 6.74. The van der Waals surface area contributed by atoms with Crippen molar-refractivity contribution in [1.29, 1.82) is 0 Å². The number of nitrogen functional groups attached to an aromatic ring is 1. The maximum atomic E-state index is 13.2. The first kappa shape index (κ1) is 14.1. The fraction of sp³-hybridized carbons (Fsp3) is 0.500. The Morgan fingerprint density at radius 2 is 2.18 bits per heavy atom. The predicted molar refractivity (Wildman–Crippen MR) is 73.0 cm³/mol. The Labute approximate surface area is 106 Å². The summed E-state index contributed by atoms with van der Waals surface area (Å²) < 4.78 is 13.2. The molecule has 0 aromatic heterocycles. The summed E-state index contributed by atoms with van der Waals surface area (Å²) in [4.78, 5) is 0. The van der Waals surface area contributed by atoms with Gasteiger partial charge >= 0.3 is 0 Å². The number of nitrogens with one attached hydrogen (secondary N) is 1. The van der Waals surface area contributed by atoms with E-state index in [1.54, 1.807) is 24.8 Å². The Balaban J connectivity index is 2.84. The van der Waals surface area contributed by atoms with Crippen molar-refractivity contribution < 1.29 is 9.50 Å². The van der Waals surface area contributed by atoms with E-state index in [1.165, 1.54) is 6.07 Å². The van der Waals surface area contributed by atoms with Crippen LogP contribution in [0.5, 0.6) is 0 Å². The zero-order valence-corrected chi connectivity index (χ0v) is 11.1. The molecule has 0 radical (unpaired) electrons. The molecule has 96 valence electrons. The van der Waals surface area contributed by atoms with Gasteiger partial charge in [-0.1, -0.05) is 0 Å². The molecule has 0 aliphatic carbocycles. The molecule has 2 unspecified atom stereocenters. The van der Waals surface area contributed by atoms with Crippen LogP contribution in [0.3, 0.4) is 0 Å². The van der Waals surface area contributed by atoms with Gasteiger partial charge in [-0.2, -0.15) is 11.8 Å². The molecule has 0 aliphatic heterocycles. The van der Waals surface area contributed by atoms with E-state index in [1.807, 2.05) is 13.2 Å². The highest BCUT2D eigenvalue weighted by molar-refractivity contribution is 7.99. The van der Waals surface area contributed by atoms with Crippen LogP contribution in [0, 0.1) is 12.7 Å². The third kappa shape index (κ3) is 3.51. The quantitative estimate of drug-likeness (QED) is 0.709. The maximum absolute atomic E-state index is 13.2. The summed E-state index contributed by atoms with van der Waals surface area (Å²) in [6.07, 6.45) is 1.94. The molecular weight excluding hydrogens is 239 g/mol. The smallest absolute Gasteiger partial charge is 0.128 e. The predicted octanol–water partition coefficient (Wildman–Crippen LogP) is 2.24. The normalized spacial score (nSPS) is 14.4. The number of rotatable bonds is 5. The van der Waals surface area contributed by atoms with Gasteiger partial charge in [-0.25, -0.2) is 4.39 Å². The zero-order valence-electron chi connectivity index (χ0n) is 10.3. The van der Waals surface area contributed by atoms with Gasteiger partial charge < -0.3 is 16.2 Å². The molecule has 5 heteroatoms. The third-order valence-corrected chi connectivity index (χ3v) is 3.92. The van der Waals surface area contributed by atoms with Gasteiger partial charge in [0.15, 0.2) is 0 Å². The highest BCUT2D eigenvalue weighted by Gasteiger charge is 2.16. The Hall–Kier alpha value is -0.940. The minimum absolute atomic E-state index is 0.0576. The van der Waals surface area contributed by atoms with Gasteiger partial charge in [0.1, 0.15) is 5.82 Å². The van der Waals surface area contributed by atoms with E-state index < -0.39 is 0 Å². The number of aryl methyl sites for hydroxylation is 1. The number of benzene rings is 1. The second-order valence-corrected chi connectivity index (χ2v) is 5.16. The number of nitrogens with two attached hydrogens (primary N) is 1. The standard InChI is InChI=1S/C12H19FN2OS/c1-7-4-11(10(14)5-9(7)13)15-8(2)12(6-16)17-3/h4-5,8,12,15-16H,6,14H2,1-3H3. The molecule has 0 saturated heterocycles. The third-order valence-electron chi connectivity index (χ3n) is 2.75. The molecule has 0 heterocycles. The summed E-state index contributed by atoms with van der Waals surface area (Å²) in [5.74, 6) is -0.302. The van der Waals surface area contributed by atoms with Crippen LogP contribution in [0.2, 0.25) is 0 Å². The molecule has 0 fully saturated rings. The fourth-order valence-corrected chi connectivity index (χ4v) is 2.22. The topological polar surface area (TPSA) is 58.3 Å². The number of aliphatic hydroxyl groups is 1. The van der Waals surface area contributed by atoms with E-state index in [4.69, 9.17) is 5.73 Å². The molecule has 0 amide bonds. The number of anilines is 2. The molecule has 4 N–H and O–H groups in total. The van der Waals surface area contributed by atoms with E-state index in [-0.39, 0.29) is 23.7 Å². The van der Waals surface area contributed by atoms with Crippen LogP contribution in [0.4, 0.5) is 15.8 Å². The SMILES string of the molecule is CSC(CO)C(C)Nc1cc(C)c(F)cc1N. The Morgan fingerprint density at radius 3 is 2.71 bits per heavy atom. The number of aliphatic hydroxyl groups excluding tert-OH is 1. The molecule has 0 spiro atoms. The number of hydrogen-bond donors (Lipinski definition) is 3. The second-order valence-electron chi connectivity index (χ2n) is 4.08. The Kier molecular flexibility index (Phi) is 5.08. The molecule has 17 heavy (non-hydrogen) atoms. The average molecular weight is 258 g/mol. The van der Waals surface area contributed by atoms with E-state index >= 15 is 0 Å². The van der Waals surface area contributed by atoms with Crippen molar-refractivity contribution in [1.82, 2.24) is 0 Å². The van der Waals surface area contributed by atoms with Crippen LogP contribution in [-0.2, 0) is 0 Å². The van der Waals surface area contributed by atoms with Gasteiger partial charge in [-0.05, 0) is 37.8 Å². The summed E-state index contributed by atoms with van der Waals surface area (Å²) >= 11 is 1.58. The molecule has 0 bridgehead atoms. The summed E-state index contributed by atoms with van der Waals surface area (Å²) in [6.45, 7) is 3.76. The van der Waals surface area contributed by atoms with E-state index in [2.05, 4.69) is 5.32 Å². The van der Waals surface area contributed by atoms with E-state index in [0.29, 0.717) is 16.9 Å². The number of hydrogen-bond acceptors (Lipinski definition) is 4. The van der Waals surface area contributed by atoms with Crippen LogP contribution < -0.4 is 11.1 Å². The first-order chi connectivity index (χ1) is 7.99. The first-order valence-electron chi connectivity index (χ1n) is 5.45. The molecule has 2 atom stereocenters. The van der Waals surface area contributed by atoms with E-state index in [9.17, 15) is 9.50 Å². The van der Waals surface area contributed by atoms with Gasteiger partial charge in [-0.3, -0.25) is 0 Å². The van der Waals surface area contributed by atoms with Gasteiger partial charge in [0.05, 0.1) is 18.0 Å². The summed E-state index contributed by atoms with van der Waals surface area (Å²) in [5.41, 5.74) is 7.40. The summed E-state index contributed by atoms with van der Waals surface area (Å²) in [7, 11) is 0. The highest BCUT2D eigenvalue weighted by atomic mass is 32.2. The molecule has 3 nitrogen and oxygen atoms in total. The van der Waals surface area contributed by atoms with Crippen LogP contribution in [0.15, 0.2) is 12.1 Å². The lowest BCUT2D eigenvalue weighted by molar-refractivity contribution is 0.288. The van der Waals surface area contributed by atoms with Crippen molar-refractivity contribution in [3.05, 3.63) is 23.5 Å². The average Bonchev–Trinajstić information content (AvgIpc) is 2.27. The minimum Gasteiger partial charge on any atom is -0.397 e. The van der Waals surface area contributed by atoms with Crippen LogP contribution in [0.1, 0.15) is 12.5 Å². The maximum Gasteiger partial charge on any atom is 0.128 e. The Bertz CT molecular complexity index is 383. The molecule has 1 aromatic rings. The number of halogens is 1. The van der Waals surface area contributed by atoms with Crippen molar-refractivity contribution in [2.45, 2.75) is 25.1 Å². The van der Waals surface area contributed by atoms with Crippen molar-refractivity contribution in [2.24, 2.45) is 0 Å². The van der Waals surface area contributed by atoms with E-state index in [0.717, 1.165) is 0 Å². The van der Waals surface area contributed by atoms with Gasteiger partial charge in [0.25, 0.3) is 0 Å². The van der Waals surface area contributed by atoms with Crippen molar-refractivity contribution in [3.63, 3.8) is 0 Å². The lowest BCUT2D eigenvalue weighted by Gasteiger charge is -2.23. The number of thioether (sulfide) groups is 1.